The highest BCUT2D eigenvalue weighted by Crippen LogP contribution is 2.23. The standard InChI is InChI=1S/C20H21N5O3/c1-27-17-9-7-15(8-10-17)18-22-20(28-23-18)25-13-11-24(12-14-25)19(26)21-16-5-3-2-4-6-16/h2-10H,11-14H2,1H3,(H,21,26). The fraction of sp³-hybridized carbons (Fsp3) is 0.250. The molecule has 0 aliphatic carbocycles. The highest BCUT2D eigenvalue weighted by Gasteiger charge is 2.24. The Morgan fingerprint density at radius 3 is 2.43 bits per heavy atom. The van der Waals surface area contributed by atoms with E-state index in [2.05, 4.69) is 15.5 Å². The predicted octanol–water partition coefficient (Wildman–Crippen LogP) is 3.10. The number of methoxy groups -OCH3 is 1. The second-order valence-corrected chi connectivity index (χ2v) is 6.40. The molecule has 1 N–H and O–H groups in total. The van der Waals surface area contributed by atoms with E-state index in [1.807, 2.05) is 59.5 Å². The number of nitrogens with zero attached hydrogens (tertiary/aromatic N) is 4. The molecule has 1 fully saturated rings. The van der Waals surface area contributed by atoms with Crippen molar-refractivity contribution in [2.75, 3.05) is 43.5 Å². The van der Waals surface area contributed by atoms with Gasteiger partial charge >= 0.3 is 12.0 Å². The van der Waals surface area contributed by atoms with Gasteiger partial charge in [-0.2, -0.15) is 4.98 Å². The lowest BCUT2D eigenvalue weighted by atomic mass is 10.2. The highest BCUT2D eigenvalue weighted by atomic mass is 16.5. The average molecular weight is 379 g/mol. The van der Waals surface area contributed by atoms with Crippen molar-refractivity contribution in [1.82, 2.24) is 15.0 Å². The van der Waals surface area contributed by atoms with E-state index < -0.39 is 0 Å². The number of nitrogens with one attached hydrogen (secondary N) is 1. The molecule has 0 bridgehead atoms. The summed E-state index contributed by atoms with van der Waals surface area (Å²) in [6, 6.07) is 17.3. The number of urea groups is 1. The predicted molar refractivity (Wildman–Crippen MR) is 106 cm³/mol. The number of anilines is 2. The summed E-state index contributed by atoms with van der Waals surface area (Å²) in [5, 5.41) is 6.97. The van der Waals surface area contributed by atoms with Crippen LogP contribution >= 0.6 is 0 Å². The number of para-hydroxylation sites is 1. The summed E-state index contributed by atoms with van der Waals surface area (Å²) in [5.41, 5.74) is 1.65. The minimum atomic E-state index is -0.102. The Morgan fingerprint density at radius 1 is 1.04 bits per heavy atom. The van der Waals surface area contributed by atoms with Crippen LogP contribution in [0.2, 0.25) is 0 Å². The van der Waals surface area contributed by atoms with Crippen LogP contribution in [0.15, 0.2) is 59.1 Å². The van der Waals surface area contributed by atoms with Crippen LogP contribution in [0.25, 0.3) is 11.4 Å². The number of ether oxygens (including phenoxy) is 1. The van der Waals surface area contributed by atoms with Gasteiger partial charge < -0.3 is 24.4 Å². The number of hydrogen-bond acceptors (Lipinski definition) is 6. The Kier molecular flexibility index (Phi) is 5.09. The van der Waals surface area contributed by atoms with Crippen LogP contribution in [0, 0.1) is 0 Å². The monoisotopic (exact) mass is 379 g/mol. The van der Waals surface area contributed by atoms with E-state index >= 15 is 0 Å². The van der Waals surface area contributed by atoms with Gasteiger partial charge in [0.2, 0.25) is 5.82 Å². The Balaban J connectivity index is 1.35. The van der Waals surface area contributed by atoms with Crippen molar-refractivity contribution in [3.8, 4) is 17.1 Å². The van der Waals surface area contributed by atoms with Crippen molar-refractivity contribution in [3.05, 3.63) is 54.6 Å². The van der Waals surface area contributed by atoms with Gasteiger partial charge in [-0.3, -0.25) is 0 Å². The first-order valence-corrected chi connectivity index (χ1v) is 9.07. The second kappa shape index (κ2) is 7.99. The highest BCUT2D eigenvalue weighted by molar-refractivity contribution is 5.89. The number of hydrogen-bond donors (Lipinski definition) is 1. The largest absolute Gasteiger partial charge is 0.497 e. The summed E-state index contributed by atoms with van der Waals surface area (Å²) in [5.74, 6) is 1.30. The molecular weight excluding hydrogens is 358 g/mol. The van der Waals surface area contributed by atoms with E-state index in [9.17, 15) is 4.79 Å². The third-order valence-corrected chi connectivity index (χ3v) is 4.63. The summed E-state index contributed by atoms with van der Waals surface area (Å²) in [7, 11) is 1.63. The molecule has 4 rings (SSSR count). The third kappa shape index (κ3) is 3.90. The molecule has 144 valence electrons. The van der Waals surface area contributed by atoms with Gasteiger partial charge in [-0.05, 0) is 36.4 Å². The van der Waals surface area contributed by atoms with Crippen LogP contribution in [-0.4, -0.2) is 54.4 Å². The zero-order valence-corrected chi connectivity index (χ0v) is 15.5. The molecular formula is C20H21N5O3. The van der Waals surface area contributed by atoms with Crippen LogP contribution in [0.3, 0.4) is 0 Å². The molecule has 0 saturated carbocycles. The van der Waals surface area contributed by atoms with Crippen LogP contribution in [-0.2, 0) is 0 Å². The molecule has 0 spiro atoms. The summed E-state index contributed by atoms with van der Waals surface area (Å²) in [4.78, 5) is 20.6. The summed E-state index contributed by atoms with van der Waals surface area (Å²) < 4.78 is 10.6. The molecule has 8 heteroatoms. The number of carbonyl (C=O) groups excluding carboxylic acids is 1. The summed E-state index contributed by atoms with van der Waals surface area (Å²) in [6.45, 7) is 2.43. The maximum atomic E-state index is 12.4. The van der Waals surface area contributed by atoms with E-state index in [-0.39, 0.29) is 6.03 Å². The first-order chi connectivity index (χ1) is 13.7. The number of carbonyl (C=O) groups is 1. The summed E-state index contributed by atoms with van der Waals surface area (Å²) >= 11 is 0. The maximum Gasteiger partial charge on any atom is 0.324 e. The first-order valence-electron chi connectivity index (χ1n) is 9.07. The molecule has 1 saturated heterocycles. The topological polar surface area (TPSA) is 83.7 Å². The molecule has 0 radical (unpaired) electrons. The van der Waals surface area contributed by atoms with E-state index in [0.29, 0.717) is 38.0 Å². The van der Waals surface area contributed by atoms with E-state index in [1.165, 1.54) is 0 Å². The number of benzene rings is 2. The fourth-order valence-electron chi connectivity index (χ4n) is 3.03. The molecule has 28 heavy (non-hydrogen) atoms. The van der Waals surface area contributed by atoms with Crippen LogP contribution in [0.5, 0.6) is 5.75 Å². The fourth-order valence-corrected chi connectivity index (χ4v) is 3.03. The van der Waals surface area contributed by atoms with Gasteiger partial charge in [0.25, 0.3) is 0 Å². The van der Waals surface area contributed by atoms with Crippen molar-refractivity contribution in [3.63, 3.8) is 0 Å². The number of aromatic nitrogens is 2. The van der Waals surface area contributed by atoms with E-state index in [0.717, 1.165) is 17.0 Å². The lowest BCUT2D eigenvalue weighted by Gasteiger charge is -2.33. The lowest BCUT2D eigenvalue weighted by molar-refractivity contribution is 0.206. The minimum absolute atomic E-state index is 0.102. The molecule has 0 atom stereocenters. The van der Waals surface area contributed by atoms with Gasteiger partial charge in [0.05, 0.1) is 7.11 Å². The van der Waals surface area contributed by atoms with Crippen LogP contribution in [0.4, 0.5) is 16.5 Å². The van der Waals surface area contributed by atoms with Gasteiger partial charge in [-0.15, -0.1) is 0 Å². The minimum Gasteiger partial charge on any atom is -0.497 e. The first kappa shape index (κ1) is 17.8. The third-order valence-electron chi connectivity index (χ3n) is 4.63. The Hall–Kier alpha value is -3.55. The van der Waals surface area contributed by atoms with Gasteiger partial charge in [-0.25, -0.2) is 4.79 Å². The van der Waals surface area contributed by atoms with Crippen molar-refractivity contribution in [1.29, 1.82) is 0 Å². The summed E-state index contributed by atoms with van der Waals surface area (Å²) in [6.07, 6.45) is 0. The molecule has 8 nitrogen and oxygen atoms in total. The Bertz CT molecular complexity index is 919. The molecule has 1 aliphatic rings. The number of rotatable bonds is 4. The van der Waals surface area contributed by atoms with Gasteiger partial charge in [-0.1, -0.05) is 23.4 Å². The molecule has 2 aromatic carbocycles. The van der Waals surface area contributed by atoms with Crippen molar-refractivity contribution < 1.29 is 14.1 Å². The molecule has 3 aromatic rings. The van der Waals surface area contributed by atoms with Crippen molar-refractivity contribution >= 4 is 17.7 Å². The van der Waals surface area contributed by atoms with Gasteiger partial charge in [0.1, 0.15) is 5.75 Å². The molecule has 1 aromatic heterocycles. The zero-order valence-electron chi connectivity index (χ0n) is 15.5. The Morgan fingerprint density at radius 2 is 1.75 bits per heavy atom. The lowest BCUT2D eigenvalue weighted by Crippen LogP contribution is -2.50. The van der Waals surface area contributed by atoms with Crippen LogP contribution in [0.1, 0.15) is 0 Å². The van der Waals surface area contributed by atoms with Gasteiger partial charge in [0.15, 0.2) is 0 Å². The van der Waals surface area contributed by atoms with Crippen molar-refractivity contribution in [2.45, 2.75) is 0 Å². The van der Waals surface area contributed by atoms with Gasteiger partial charge in [0, 0.05) is 37.4 Å². The van der Waals surface area contributed by atoms with E-state index in [4.69, 9.17) is 9.26 Å². The van der Waals surface area contributed by atoms with Crippen LogP contribution < -0.4 is 15.0 Å². The normalized spacial score (nSPS) is 14.0. The zero-order chi connectivity index (χ0) is 19.3. The van der Waals surface area contributed by atoms with Crippen molar-refractivity contribution in [2.24, 2.45) is 0 Å². The smallest absolute Gasteiger partial charge is 0.324 e. The molecule has 2 heterocycles. The Labute approximate surface area is 162 Å². The van der Waals surface area contributed by atoms with E-state index in [1.54, 1.807) is 12.0 Å². The molecule has 1 aliphatic heterocycles. The quantitative estimate of drug-likeness (QED) is 0.750. The SMILES string of the molecule is COc1ccc(-c2noc(N3CCN(C(=O)Nc4ccccc4)CC3)n2)cc1. The average Bonchev–Trinajstić information content (AvgIpc) is 3.25. The number of piperazine rings is 1. The maximum absolute atomic E-state index is 12.4. The second-order valence-electron chi connectivity index (χ2n) is 6.40. The molecule has 2 amide bonds. The molecule has 0 unspecified atom stereocenters. The number of amides is 2.